The van der Waals surface area contributed by atoms with Crippen LogP contribution in [-0.4, -0.2) is 35.8 Å². The van der Waals surface area contributed by atoms with Crippen molar-refractivity contribution in [3.05, 3.63) is 28.9 Å². The second-order valence-electron chi connectivity index (χ2n) is 4.50. The molecule has 4 nitrogen and oxygen atoms in total. The molecule has 0 aliphatic carbocycles. The van der Waals surface area contributed by atoms with Crippen molar-refractivity contribution in [3.8, 4) is 11.3 Å². The van der Waals surface area contributed by atoms with Crippen molar-refractivity contribution in [1.82, 2.24) is 9.97 Å². The Morgan fingerprint density at radius 1 is 1.53 bits per heavy atom. The standard InChI is InChI=1S/C13H14ClN3OS/c1-9-7-17(4-5-18-9)13-16-12(8-19-13)10-2-3-15-6-11(10)14/h2-3,6,8-9H,4-5,7H2,1H3. The molecule has 0 radical (unpaired) electrons. The molecule has 6 heteroatoms. The summed E-state index contributed by atoms with van der Waals surface area (Å²) >= 11 is 7.79. The van der Waals surface area contributed by atoms with E-state index in [0.717, 1.165) is 36.1 Å². The number of hydrogen-bond acceptors (Lipinski definition) is 5. The molecule has 0 saturated carbocycles. The normalized spacial score (nSPS) is 19.7. The maximum absolute atomic E-state index is 6.15. The minimum absolute atomic E-state index is 0.255. The van der Waals surface area contributed by atoms with Crippen LogP contribution in [0.3, 0.4) is 0 Å². The van der Waals surface area contributed by atoms with Crippen molar-refractivity contribution in [2.75, 3.05) is 24.6 Å². The lowest BCUT2D eigenvalue weighted by molar-refractivity contribution is 0.0532. The molecule has 3 heterocycles. The number of halogens is 1. The lowest BCUT2D eigenvalue weighted by atomic mass is 10.2. The van der Waals surface area contributed by atoms with Gasteiger partial charge in [0, 0.05) is 36.4 Å². The van der Waals surface area contributed by atoms with Gasteiger partial charge in [-0.25, -0.2) is 4.98 Å². The van der Waals surface area contributed by atoms with E-state index < -0.39 is 0 Å². The summed E-state index contributed by atoms with van der Waals surface area (Å²) in [6, 6.07) is 1.89. The number of rotatable bonds is 2. The molecule has 1 aliphatic heterocycles. The predicted molar refractivity (Wildman–Crippen MR) is 78.0 cm³/mol. The Labute approximate surface area is 121 Å². The zero-order chi connectivity index (χ0) is 13.2. The average Bonchev–Trinajstić information content (AvgIpc) is 2.89. The van der Waals surface area contributed by atoms with Crippen molar-refractivity contribution in [2.24, 2.45) is 0 Å². The second kappa shape index (κ2) is 5.45. The molecule has 0 aromatic carbocycles. The molecule has 0 spiro atoms. The molecule has 1 atom stereocenters. The van der Waals surface area contributed by atoms with E-state index in [9.17, 15) is 0 Å². The first kappa shape index (κ1) is 12.8. The van der Waals surface area contributed by atoms with Crippen molar-refractivity contribution in [1.29, 1.82) is 0 Å². The molecule has 3 rings (SSSR count). The van der Waals surface area contributed by atoms with Crippen LogP contribution in [0.25, 0.3) is 11.3 Å². The Hall–Kier alpha value is -1.17. The minimum atomic E-state index is 0.255. The lowest BCUT2D eigenvalue weighted by Crippen LogP contribution is -2.41. The zero-order valence-corrected chi connectivity index (χ0v) is 12.1. The Kier molecular flexibility index (Phi) is 3.68. The molecule has 1 fully saturated rings. The van der Waals surface area contributed by atoms with Crippen LogP contribution in [0.15, 0.2) is 23.8 Å². The summed E-state index contributed by atoms with van der Waals surface area (Å²) < 4.78 is 5.55. The molecule has 0 bridgehead atoms. The first-order chi connectivity index (χ1) is 9.24. The van der Waals surface area contributed by atoms with Gasteiger partial charge in [0.25, 0.3) is 0 Å². The highest BCUT2D eigenvalue weighted by Gasteiger charge is 2.20. The number of morpholine rings is 1. The number of aromatic nitrogens is 2. The molecule has 0 N–H and O–H groups in total. The SMILES string of the molecule is CC1CN(c2nc(-c3ccncc3Cl)cs2)CCO1. The van der Waals surface area contributed by atoms with Crippen LogP contribution in [-0.2, 0) is 4.74 Å². The summed E-state index contributed by atoms with van der Waals surface area (Å²) in [5.41, 5.74) is 1.84. The van der Waals surface area contributed by atoms with Gasteiger partial charge in [0.15, 0.2) is 5.13 Å². The Balaban J connectivity index is 1.85. The van der Waals surface area contributed by atoms with Crippen molar-refractivity contribution in [3.63, 3.8) is 0 Å². The molecule has 2 aromatic rings. The highest BCUT2D eigenvalue weighted by molar-refractivity contribution is 7.14. The second-order valence-corrected chi connectivity index (χ2v) is 5.74. The predicted octanol–water partition coefficient (Wildman–Crippen LogP) is 3.08. The zero-order valence-electron chi connectivity index (χ0n) is 10.5. The Morgan fingerprint density at radius 3 is 3.21 bits per heavy atom. The number of anilines is 1. The average molecular weight is 296 g/mol. The van der Waals surface area contributed by atoms with Crippen LogP contribution in [0, 0.1) is 0 Å². The van der Waals surface area contributed by atoms with Gasteiger partial charge in [-0.2, -0.15) is 0 Å². The largest absolute Gasteiger partial charge is 0.375 e. The molecule has 19 heavy (non-hydrogen) atoms. The van der Waals surface area contributed by atoms with Gasteiger partial charge in [0.05, 0.1) is 23.4 Å². The highest BCUT2D eigenvalue weighted by Crippen LogP contribution is 2.31. The molecule has 1 saturated heterocycles. The van der Waals surface area contributed by atoms with Crippen molar-refractivity contribution >= 4 is 28.1 Å². The van der Waals surface area contributed by atoms with Crippen LogP contribution in [0.4, 0.5) is 5.13 Å². The molecular formula is C13H14ClN3OS. The fourth-order valence-electron chi connectivity index (χ4n) is 2.11. The van der Waals surface area contributed by atoms with Crippen LogP contribution < -0.4 is 4.90 Å². The number of pyridine rings is 1. The van der Waals surface area contributed by atoms with Crippen molar-refractivity contribution < 1.29 is 4.74 Å². The van der Waals surface area contributed by atoms with E-state index in [1.54, 1.807) is 23.7 Å². The molecule has 2 aromatic heterocycles. The van der Waals surface area contributed by atoms with Gasteiger partial charge in [0.2, 0.25) is 0 Å². The van der Waals surface area contributed by atoms with Crippen LogP contribution in [0.1, 0.15) is 6.92 Å². The molecular weight excluding hydrogens is 282 g/mol. The summed E-state index contributed by atoms with van der Waals surface area (Å²) in [6.07, 6.45) is 3.63. The summed E-state index contributed by atoms with van der Waals surface area (Å²) in [4.78, 5) is 10.9. The number of hydrogen-bond donors (Lipinski definition) is 0. The summed E-state index contributed by atoms with van der Waals surface area (Å²) in [6.45, 7) is 4.62. The molecule has 0 amide bonds. The summed E-state index contributed by atoms with van der Waals surface area (Å²) in [5, 5.41) is 3.70. The summed E-state index contributed by atoms with van der Waals surface area (Å²) in [5.74, 6) is 0. The van der Waals surface area contributed by atoms with E-state index in [1.165, 1.54) is 0 Å². The number of thiazole rings is 1. The third kappa shape index (κ3) is 2.73. The molecule has 1 unspecified atom stereocenters. The minimum Gasteiger partial charge on any atom is -0.375 e. The van der Waals surface area contributed by atoms with Crippen LogP contribution in [0.2, 0.25) is 5.02 Å². The van der Waals surface area contributed by atoms with Crippen LogP contribution >= 0.6 is 22.9 Å². The van der Waals surface area contributed by atoms with E-state index in [1.807, 2.05) is 11.4 Å². The topological polar surface area (TPSA) is 38.2 Å². The molecule has 100 valence electrons. The van der Waals surface area contributed by atoms with E-state index in [2.05, 4.69) is 21.8 Å². The highest BCUT2D eigenvalue weighted by atomic mass is 35.5. The van der Waals surface area contributed by atoms with E-state index in [4.69, 9.17) is 16.3 Å². The monoisotopic (exact) mass is 295 g/mol. The van der Waals surface area contributed by atoms with Gasteiger partial charge in [-0.05, 0) is 13.0 Å². The van der Waals surface area contributed by atoms with Crippen LogP contribution in [0.5, 0.6) is 0 Å². The van der Waals surface area contributed by atoms with E-state index >= 15 is 0 Å². The summed E-state index contributed by atoms with van der Waals surface area (Å²) in [7, 11) is 0. The first-order valence-corrected chi connectivity index (χ1v) is 7.42. The van der Waals surface area contributed by atoms with E-state index in [0.29, 0.717) is 5.02 Å². The van der Waals surface area contributed by atoms with Gasteiger partial charge in [0.1, 0.15) is 0 Å². The van der Waals surface area contributed by atoms with Gasteiger partial charge in [-0.3, -0.25) is 4.98 Å². The third-order valence-corrected chi connectivity index (χ3v) is 4.25. The Bertz CT molecular complexity index is 575. The smallest absolute Gasteiger partial charge is 0.186 e. The number of nitrogens with zero attached hydrogens (tertiary/aromatic N) is 3. The van der Waals surface area contributed by atoms with Gasteiger partial charge < -0.3 is 9.64 Å². The lowest BCUT2D eigenvalue weighted by Gasteiger charge is -2.30. The number of ether oxygens (including phenoxy) is 1. The van der Waals surface area contributed by atoms with Crippen molar-refractivity contribution in [2.45, 2.75) is 13.0 Å². The fourth-order valence-corrected chi connectivity index (χ4v) is 3.19. The maximum atomic E-state index is 6.15. The van der Waals surface area contributed by atoms with Gasteiger partial charge in [-0.1, -0.05) is 11.6 Å². The molecule has 1 aliphatic rings. The van der Waals surface area contributed by atoms with E-state index in [-0.39, 0.29) is 6.10 Å². The Morgan fingerprint density at radius 2 is 2.42 bits per heavy atom. The van der Waals surface area contributed by atoms with Gasteiger partial charge >= 0.3 is 0 Å². The van der Waals surface area contributed by atoms with Gasteiger partial charge in [-0.15, -0.1) is 11.3 Å². The first-order valence-electron chi connectivity index (χ1n) is 6.16. The quantitative estimate of drug-likeness (QED) is 0.853. The fraction of sp³-hybridized carbons (Fsp3) is 0.385. The third-order valence-electron chi connectivity index (χ3n) is 3.05. The maximum Gasteiger partial charge on any atom is 0.186 e.